The number of aliphatic hydroxyl groups is 3. The standard InChI is InChI=1S/C21H28F4N3O7PS/c1-5-19(3,35-36(32,33)20(4,31)6-2)8-11-12(29)13(30)14(34-11)9-7-10-17(28-18(9)37)27-15(16(22)26-10)21(23,24)25/h7,11-14,29-31H,5-6,8H2,1-4H3,(H,32,33)(H,27,28,37)/t11-,12?,13+,14+,19?,20?/m1/s1. The van der Waals surface area contributed by atoms with E-state index in [1.165, 1.54) is 13.8 Å². The molecule has 16 heteroatoms. The van der Waals surface area contributed by atoms with Crippen LogP contribution in [0.1, 0.15) is 64.3 Å². The van der Waals surface area contributed by atoms with Crippen LogP contribution in [-0.4, -0.2) is 64.4 Å². The predicted octanol–water partition coefficient (Wildman–Crippen LogP) is 3.89. The molecular weight excluding hydrogens is 545 g/mol. The Bertz CT molecular complexity index is 1280. The van der Waals surface area contributed by atoms with Gasteiger partial charge in [0.25, 0.3) is 0 Å². The Morgan fingerprint density at radius 2 is 1.81 bits per heavy atom. The summed E-state index contributed by atoms with van der Waals surface area (Å²) in [5.74, 6) is -1.85. The number of hydrogen-bond donors (Lipinski definition) is 5. The quantitative estimate of drug-likeness (QED) is 0.178. The zero-order chi connectivity index (χ0) is 28.1. The van der Waals surface area contributed by atoms with Crippen molar-refractivity contribution in [1.29, 1.82) is 0 Å². The first-order valence-corrected chi connectivity index (χ1v) is 13.3. The average molecular weight is 574 g/mol. The van der Waals surface area contributed by atoms with Gasteiger partial charge in [-0.2, -0.15) is 17.6 Å². The first-order chi connectivity index (χ1) is 16.9. The van der Waals surface area contributed by atoms with Gasteiger partial charge in [0.15, 0.2) is 11.0 Å². The first kappa shape index (κ1) is 30.0. The Hall–Kier alpha value is -1.58. The molecule has 3 heterocycles. The molecule has 1 aliphatic heterocycles. The number of pyridine rings is 1. The lowest BCUT2D eigenvalue weighted by molar-refractivity contribution is -0.143. The third-order valence-electron chi connectivity index (χ3n) is 6.61. The Morgan fingerprint density at radius 3 is 2.35 bits per heavy atom. The van der Waals surface area contributed by atoms with Gasteiger partial charge in [0, 0.05) is 12.0 Å². The Kier molecular flexibility index (Phi) is 8.25. The molecule has 0 saturated carbocycles. The number of rotatable bonds is 8. The number of alkyl halides is 3. The monoisotopic (exact) mass is 573 g/mol. The highest BCUT2D eigenvalue weighted by Crippen LogP contribution is 2.59. The molecule has 0 spiro atoms. The highest BCUT2D eigenvalue weighted by Gasteiger charge is 2.50. The van der Waals surface area contributed by atoms with Crippen LogP contribution in [0, 0.1) is 10.6 Å². The second kappa shape index (κ2) is 10.2. The van der Waals surface area contributed by atoms with Crippen molar-refractivity contribution in [2.24, 2.45) is 0 Å². The van der Waals surface area contributed by atoms with E-state index in [9.17, 15) is 42.3 Å². The van der Waals surface area contributed by atoms with E-state index in [2.05, 4.69) is 15.0 Å². The fourth-order valence-corrected chi connectivity index (χ4v) is 5.52. The number of hydrogen-bond acceptors (Lipinski definition) is 9. The fraction of sp³-hybridized carbons (Fsp3) is 0.667. The molecular formula is C21H28F4N3O7PS. The van der Waals surface area contributed by atoms with Crippen molar-refractivity contribution in [1.82, 2.24) is 15.0 Å². The van der Waals surface area contributed by atoms with E-state index in [0.29, 0.717) is 0 Å². The van der Waals surface area contributed by atoms with Gasteiger partial charge in [0.1, 0.15) is 28.5 Å². The molecule has 5 N–H and O–H groups in total. The van der Waals surface area contributed by atoms with Crippen molar-refractivity contribution in [3.8, 4) is 0 Å². The minimum absolute atomic E-state index is 0.00544. The molecule has 37 heavy (non-hydrogen) atoms. The Morgan fingerprint density at radius 1 is 1.19 bits per heavy atom. The van der Waals surface area contributed by atoms with Crippen LogP contribution in [0.3, 0.4) is 0 Å². The normalized spacial score (nSPS) is 27.6. The van der Waals surface area contributed by atoms with Crippen LogP contribution in [0.15, 0.2) is 6.07 Å². The maximum absolute atomic E-state index is 14.0. The van der Waals surface area contributed by atoms with Gasteiger partial charge in [-0.05, 0) is 32.8 Å². The summed E-state index contributed by atoms with van der Waals surface area (Å²) in [5, 5.41) is 29.6. The number of aromatic nitrogens is 3. The third-order valence-corrected chi connectivity index (χ3v) is 9.17. The van der Waals surface area contributed by atoms with Crippen LogP contribution < -0.4 is 0 Å². The number of ether oxygens (including phenoxy) is 1. The van der Waals surface area contributed by atoms with Crippen molar-refractivity contribution in [2.75, 3.05) is 0 Å². The summed E-state index contributed by atoms with van der Waals surface area (Å²) in [6.07, 6.45) is -10.7. The number of fused-ring (bicyclic) bond motifs is 1. The van der Waals surface area contributed by atoms with E-state index >= 15 is 0 Å². The predicted molar refractivity (Wildman–Crippen MR) is 124 cm³/mol. The van der Waals surface area contributed by atoms with E-state index in [-0.39, 0.29) is 35.0 Å². The van der Waals surface area contributed by atoms with Crippen molar-refractivity contribution in [3.05, 3.63) is 27.9 Å². The van der Waals surface area contributed by atoms with Gasteiger partial charge >= 0.3 is 13.8 Å². The topological polar surface area (TPSA) is 158 Å². The first-order valence-electron chi connectivity index (χ1n) is 11.3. The molecule has 7 atom stereocenters. The second-order valence-electron chi connectivity index (χ2n) is 9.41. The van der Waals surface area contributed by atoms with E-state index in [0.717, 1.165) is 13.0 Å². The lowest BCUT2D eigenvalue weighted by atomic mass is 9.92. The van der Waals surface area contributed by atoms with Crippen LogP contribution in [0.2, 0.25) is 0 Å². The minimum Gasteiger partial charge on any atom is -0.388 e. The average Bonchev–Trinajstić information content (AvgIpc) is 3.05. The SMILES string of the molecule is CCC(C)(C[C@H]1O[C@@H](c2cc3nc(F)c(C(F)(F)F)nc3[nH]c2=S)[C@@H](O)C1O)OP(=O)(O)C(C)(O)CC. The maximum atomic E-state index is 14.0. The summed E-state index contributed by atoms with van der Waals surface area (Å²) in [7, 11) is -4.55. The summed E-state index contributed by atoms with van der Waals surface area (Å²) in [5.41, 5.74) is -3.97. The highest BCUT2D eigenvalue weighted by atomic mass is 32.1. The zero-order valence-corrected chi connectivity index (χ0v) is 22.0. The summed E-state index contributed by atoms with van der Waals surface area (Å²) in [6.45, 7) is 5.80. The van der Waals surface area contributed by atoms with Gasteiger partial charge in [0.05, 0.1) is 11.7 Å². The molecule has 3 rings (SSSR count). The van der Waals surface area contributed by atoms with Gasteiger partial charge < -0.3 is 34.5 Å². The molecule has 0 amide bonds. The number of halogens is 4. The molecule has 0 aliphatic carbocycles. The molecule has 10 nitrogen and oxygen atoms in total. The lowest BCUT2D eigenvalue weighted by Gasteiger charge is -2.37. The maximum Gasteiger partial charge on any atom is 0.438 e. The molecule has 0 bridgehead atoms. The van der Waals surface area contributed by atoms with Gasteiger partial charge in [-0.3, -0.25) is 4.57 Å². The van der Waals surface area contributed by atoms with Crippen LogP contribution in [0.4, 0.5) is 17.6 Å². The smallest absolute Gasteiger partial charge is 0.388 e. The van der Waals surface area contributed by atoms with Crippen molar-refractivity contribution in [2.45, 2.75) is 88.5 Å². The molecule has 1 saturated heterocycles. The molecule has 0 radical (unpaired) electrons. The zero-order valence-electron chi connectivity index (χ0n) is 20.3. The van der Waals surface area contributed by atoms with E-state index in [1.807, 2.05) is 0 Å². The number of aliphatic hydroxyl groups excluding tert-OH is 2. The molecule has 208 valence electrons. The second-order valence-corrected chi connectivity index (χ2v) is 12.0. The Labute approximate surface area is 214 Å². The number of nitrogens with one attached hydrogen (secondary N) is 1. The van der Waals surface area contributed by atoms with Crippen molar-refractivity contribution < 1.29 is 51.6 Å². The largest absolute Gasteiger partial charge is 0.438 e. The fourth-order valence-electron chi connectivity index (χ4n) is 3.85. The summed E-state index contributed by atoms with van der Waals surface area (Å²) in [4.78, 5) is 19.3. The van der Waals surface area contributed by atoms with Crippen molar-refractivity contribution in [3.63, 3.8) is 0 Å². The molecule has 2 aromatic rings. The number of aromatic amines is 1. The number of nitrogens with zero attached hydrogens (tertiary/aromatic N) is 2. The molecule has 1 fully saturated rings. The Balaban J connectivity index is 1.91. The van der Waals surface area contributed by atoms with Gasteiger partial charge in [-0.15, -0.1) is 0 Å². The third kappa shape index (κ3) is 5.88. The van der Waals surface area contributed by atoms with Gasteiger partial charge in [-0.1, -0.05) is 26.1 Å². The van der Waals surface area contributed by atoms with E-state index in [1.54, 1.807) is 6.92 Å². The van der Waals surface area contributed by atoms with Crippen LogP contribution in [-0.2, 0) is 20.0 Å². The molecule has 2 aromatic heterocycles. The summed E-state index contributed by atoms with van der Waals surface area (Å²) < 4.78 is 76.7. The lowest BCUT2D eigenvalue weighted by Crippen LogP contribution is -2.40. The van der Waals surface area contributed by atoms with E-state index < -0.39 is 66.4 Å². The van der Waals surface area contributed by atoms with Crippen LogP contribution in [0.5, 0.6) is 0 Å². The van der Waals surface area contributed by atoms with Crippen LogP contribution >= 0.6 is 19.8 Å². The summed E-state index contributed by atoms with van der Waals surface area (Å²) in [6, 6.07) is 1.10. The molecule has 1 aliphatic rings. The van der Waals surface area contributed by atoms with Crippen molar-refractivity contribution >= 4 is 31.0 Å². The van der Waals surface area contributed by atoms with E-state index in [4.69, 9.17) is 21.5 Å². The minimum atomic E-state index is -5.08. The van der Waals surface area contributed by atoms with Crippen LogP contribution in [0.25, 0.3) is 11.2 Å². The van der Waals surface area contributed by atoms with Gasteiger partial charge in [0.2, 0.25) is 11.6 Å². The molecule has 0 aromatic carbocycles. The summed E-state index contributed by atoms with van der Waals surface area (Å²) >= 11 is 5.18. The highest BCUT2D eigenvalue weighted by molar-refractivity contribution is 7.71. The molecule has 4 unspecified atom stereocenters. The number of H-pyrrole nitrogens is 1. The van der Waals surface area contributed by atoms with Gasteiger partial charge in [-0.25, -0.2) is 9.97 Å².